The molecule has 6 nitrogen and oxygen atoms in total. The van der Waals surface area contributed by atoms with Gasteiger partial charge in [0, 0.05) is 32.8 Å². The Hall–Kier alpha value is -4.20. The van der Waals surface area contributed by atoms with E-state index in [1.54, 1.807) is 0 Å². The Bertz CT molecular complexity index is 1700. The van der Waals surface area contributed by atoms with E-state index in [0.717, 1.165) is 24.4 Å². The number of fused-ring (bicyclic) bond motifs is 3. The van der Waals surface area contributed by atoms with Crippen LogP contribution >= 0.6 is 11.6 Å². The molecule has 2 heterocycles. The molecule has 40 heavy (non-hydrogen) atoms. The molecule has 0 aliphatic carbocycles. The van der Waals surface area contributed by atoms with Crippen molar-refractivity contribution in [2.24, 2.45) is 0 Å². The number of alkyl halides is 6. The lowest BCUT2D eigenvalue weighted by Crippen LogP contribution is -2.21. The number of nitrogens with zero attached hydrogens (tertiary/aromatic N) is 2. The van der Waals surface area contributed by atoms with Gasteiger partial charge in [-0.2, -0.15) is 31.4 Å². The molecule has 1 aliphatic heterocycles. The Morgan fingerprint density at radius 2 is 1.75 bits per heavy atom. The van der Waals surface area contributed by atoms with Crippen LogP contribution in [-0.4, -0.2) is 27.8 Å². The molecule has 0 bridgehead atoms. The van der Waals surface area contributed by atoms with E-state index in [4.69, 9.17) is 11.6 Å². The van der Waals surface area contributed by atoms with Gasteiger partial charge in [0.25, 0.3) is 11.8 Å². The van der Waals surface area contributed by atoms with E-state index in [2.05, 4.69) is 15.7 Å². The molecule has 0 fully saturated rings. The number of amides is 2. The Morgan fingerprint density at radius 1 is 1.02 bits per heavy atom. The molecule has 1 atom stereocenters. The van der Waals surface area contributed by atoms with Crippen molar-refractivity contribution in [3.8, 4) is 0 Å². The van der Waals surface area contributed by atoms with Crippen LogP contribution in [0.5, 0.6) is 0 Å². The second-order valence-corrected chi connectivity index (χ2v) is 9.22. The monoisotopic (exact) mass is 588 g/mol. The van der Waals surface area contributed by atoms with E-state index in [9.17, 15) is 44.7 Å². The Morgan fingerprint density at radius 3 is 2.42 bits per heavy atom. The molecule has 4 aromatic rings. The second kappa shape index (κ2) is 9.47. The molecule has 0 unspecified atom stereocenters. The van der Waals surface area contributed by atoms with Crippen molar-refractivity contribution in [2.75, 3.05) is 5.32 Å². The van der Waals surface area contributed by atoms with Gasteiger partial charge in [-0.3, -0.25) is 14.3 Å². The Kier molecular flexibility index (Phi) is 6.48. The molecular formula is C25H13ClF8N4O2. The number of carbonyl (C=O) groups excluding carboxylic acids is 2. The van der Waals surface area contributed by atoms with Crippen LogP contribution in [0.1, 0.15) is 43.4 Å². The zero-order chi connectivity index (χ0) is 29.1. The quantitative estimate of drug-likeness (QED) is 0.263. The summed E-state index contributed by atoms with van der Waals surface area (Å²) in [7, 11) is 0. The van der Waals surface area contributed by atoms with Crippen molar-refractivity contribution < 1.29 is 44.7 Å². The lowest BCUT2D eigenvalue weighted by atomic mass is 9.94. The normalized spacial score (nSPS) is 15.3. The number of aromatic nitrogens is 2. The highest BCUT2D eigenvalue weighted by molar-refractivity contribution is 6.31. The number of halogens is 9. The van der Waals surface area contributed by atoms with Crippen molar-refractivity contribution in [1.29, 1.82) is 0 Å². The number of anilines is 1. The highest BCUT2D eigenvalue weighted by Crippen LogP contribution is 2.43. The minimum absolute atomic E-state index is 0.00959. The van der Waals surface area contributed by atoms with Crippen LogP contribution < -0.4 is 10.6 Å². The van der Waals surface area contributed by atoms with Gasteiger partial charge in [-0.25, -0.2) is 8.78 Å². The number of hydrogen-bond acceptors (Lipinski definition) is 3. The molecule has 2 amide bonds. The van der Waals surface area contributed by atoms with E-state index < -0.39 is 59.5 Å². The first kappa shape index (κ1) is 27.4. The van der Waals surface area contributed by atoms with Gasteiger partial charge < -0.3 is 10.6 Å². The fourth-order valence-electron chi connectivity index (χ4n) is 4.50. The van der Waals surface area contributed by atoms with Gasteiger partial charge >= 0.3 is 12.4 Å². The summed E-state index contributed by atoms with van der Waals surface area (Å²) >= 11 is 6.22. The SMILES string of the molecule is O=C(Nc1cc2c(cnn2CC(F)(F)F)c2c1[C@@H](c1cc(F)ccc1Cl)NC2=O)c1cc(F)cc(C(F)(F)F)c1. The van der Waals surface area contributed by atoms with Crippen molar-refractivity contribution in [3.05, 3.63) is 93.1 Å². The average Bonchev–Trinajstić information content (AvgIpc) is 3.39. The molecule has 0 saturated carbocycles. The molecule has 208 valence electrons. The lowest BCUT2D eigenvalue weighted by molar-refractivity contribution is -0.142. The smallest absolute Gasteiger partial charge is 0.341 e. The molecule has 0 radical (unpaired) electrons. The molecule has 1 aliphatic rings. The molecule has 2 N–H and O–H groups in total. The van der Waals surface area contributed by atoms with E-state index in [1.807, 2.05) is 0 Å². The predicted octanol–water partition coefficient (Wildman–Crippen LogP) is 6.63. The van der Waals surface area contributed by atoms with Gasteiger partial charge in [0.2, 0.25) is 0 Å². The second-order valence-electron chi connectivity index (χ2n) is 8.82. The number of hydrogen-bond donors (Lipinski definition) is 2. The van der Waals surface area contributed by atoms with Crippen molar-refractivity contribution >= 4 is 40.0 Å². The maximum atomic E-state index is 14.1. The molecule has 15 heteroatoms. The Labute approximate surface area is 223 Å². The minimum Gasteiger partial charge on any atom is -0.341 e. The number of rotatable bonds is 4. The van der Waals surface area contributed by atoms with Crippen molar-refractivity contribution in [1.82, 2.24) is 15.1 Å². The van der Waals surface area contributed by atoms with E-state index in [1.165, 1.54) is 6.07 Å². The van der Waals surface area contributed by atoms with Crippen LogP contribution in [0.25, 0.3) is 10.9 Å². The third-order valence-electron chi connectivity index (χ3n) is 6.11. The summed E-state index contributed by atoms with van der Waals surface area (Å²) in [4.78, 5) is 26.1. The van der Waals surface area contributed by atoms with Gasteiger partial charge in [-0.1, -0.05) is 11.6 Å². The summed E-state index contributed by atoms with van der Waals surface area (Å²) < 4.78 is 108. The minimum atomic E-state index is -4.99. The summed E-state index contributed by atoms with van der Waals surface area (Å²) in [5.74, 6) is -4.20. The highest BCUT2D eigenvalue weighted by Gasteiger charge is 2.38. The zero-order valence-corrected chi connectivity index (χ0v) is 20.3. The first-order valence-electron chi connectivity index (χ1n) is 11.2. The molecule has 0 spiro atoms. The third kappa shape index (κ3) is 5.06. The van der Waals surface area contributed by atoms with Crippen LogP contribution in [0.2, 0.25) is 5.02 Å². The number of benzene rings is 3. The lowest BCUT2D eigenvalue weighted by Gasteiger charge is -2.19. The van der Waals surface area contributed by atoms with Crippen molar-refractivity contribution in [2.45, 2.75) is 24.9 Å². The first-order chi connectivity index (χ1) is 18.6. The Balaban J connectivity index is 1.70. The van der Waals surface area contributed by atoms with Gasteiger partial charge in [0.1, 0.15) is 18.2 Å². The maximum Gasteiger partial charge on any atom is 0.416 e. The summed E-state index contributed by atoms with van der Waals surface area (Å²) in [6.45, 7) is -1.57. The topological polar surface area (TPSA) is 76.0 Å². The summed E-state index contributed by atoms with van der Waals surface area (Å²) in [5, 5.41) is 8.44. The van der Waals surface area contributed by atoms with Gasteiger partial charge in [0.05, 0.1) is 28.9 Å². The highest BCUT2D eigenvalue weighted by atomic mass is 35.5. The fourth-order valence-corrected chi connectivity index (χ4v) is 4.73. The molecule has 1 aromatic heterocycles. The maximum absolute atomic E-state index is 14.1. The molecular weight excluding hydrogens is 576 g/mol. The average molecular weight is 589 g/mol. The van der Waals surface area contributed by atoms with E-state index in [-0.39, 0.29) is 44.4 Å². The summed E-state index contributed by atoms with van der Waals surface area (Å²) in [6.07, 6.45) is -8.71. The molecule has 5 rings (SSSR count). The fraction of sp³-hybridized carbons (Fsp3) is 0.160. The summed E-state index contributed by atoms with van der Waals surface area (Å²) in [6, 6.07) is 4.13. The van der Waals surface area contributed by atoms with Gasteiger partial charge in [-0.15, -0.1) is 0 Å². The largest absolute Gasteiger partial charge is 0.416 e. The van der Waals surface area contributed by atoms with Crippen molar-refractivity contribution in [3.63, 3.8) is 0 Å². The number of carbonyl (C=O) groups is 2. The summed E-state index contributed by atoms with van der Waals surface area (Å²) in [5.41, 5.74) is -3.04. The predicted molar refractivity (Wildman–Crippen MR) is 126 cm³/mol. The van der Waals surface area contributed by atoms with Crippen LogP contribution in [0.15, 0.2) is 48.7 Å². The third-order valence-corrected chi connectivity index (χ3v) is 6.46. The van der Waals surface area contributed by atoms with Gasteiger partial charge in [0.15, 0.2) is 0 Å². The number of nitrogens with one attached hydrogen (secondary N) is 2. The standard InChI is InChI=1S/C25H13ClF8N4O2/c26-16-2-1-12(27)6-14(16)21-20-17(36-22(39)10-3-11(25(32,33)34)5-13(28)4-10)7-18-15(19(20)23(40)37-21)8-35-38(18)9-24(29,30)31/h1-8,21H,9H2,(H,36,39)(H,37,40)/t21-/m1/s1. The zero-order valence-electron chi connectivity index (χ0n) is 19.5. The van der Waals surface area contributed by atoms with E-state index >= 15 is 0 Å². The van der Waals surface area contributed by atoms with Crippen LogP contribution in [0.3, 0.4) is 0 Å². The van der Waals surface area contributed by atoms with E-state index in [0.29, 0.717) is 16.8 Å². The van der Waals surface area contributed by atoms with Crippen LogP contribution in [-0.2, 0) is 12.7 Å². The van der Waals surface area contributed by atoms with Crippen LogP contribution in [0, 0.1) is 11.6 Å². The van der Waals surface area contributed by atoms with Crippen LogP contribution in [0.4, 0.5) is 40.8 Å². The molecule has 3 aromatic carbocycles. The molecule has 0 saturated heterocycles. The first-order valence-corrected chi connectivity index (χ1v) is 11.5. The van der Waals surface area contributed by atoms with Gasteiger partial charge in [-0.05, 0) is 42.5 Å².